The summed E-state index contributed by atoms with van der Waals surface area (Å²) in [5.74, 6) is -0.883. The molecule has 0 aliphatic heterocycles. The van der Waals surface area contributed by atoms with E-state index < -0.39 is 26.0 Å². The fraction of sp³-hybridized carbons (Fsp3) is 0.150. The van der Waals surface area contributed by atoms with Crippen LogP contribution in [-0.2, 0) is 26.0 Å². The van der Waals surface area contributed by atoms with Gasteiger partial charge in [-0.2, -0.15) is 0 Å². The Bertz CT molecular complexity index is 1130. The van der Waals surface area contributed by atoms with Gasteiger partial charge >= 0.3 is 5.97 Å². The molecule has 8 heteroatoms. The summed E-state index contributed by atoms with van der Waals surface area (Å²) in [5, 5.41) is 11.2. The summed E-state index contributed by atoms with van der Waals surface area (Å²) in [6, 6.07) is 17.6. The number of ether oxygens (including phenoxy) is 1. The van der Waals surface area contributed by atoms with Crippen molar-refractivity contribution in [3.8, 4) is 0 Å². The quantitative estimate of drug-likeness (QED) is 0.356. The van der Waals surface area contributed by atoms with Crippen LogP contribution in [0.1, 0.15) is 12.5 Å². The third kappa shape index (κ3) is 3.86. The van der Waals surface area contributed by atoms with E-state index in [9.17, 15) is 23.3 Å². The Kier molecular flexibility index (Phi) is 5.41. The van der Waals surface area contributed by atoms with E-state index in [2.05, 4.69) is 0 Å². The summed E-state index contributed by atoms with van der Waals surface area (Å²) < 4.78 is 30.5. The van der Waals surface area contributed by atoms with Crippen LogP contribution < -0.4 is 0 Å². The number of hydrogen-bond donors (Lipinski definition) is 0. The first-order chi connectivity index (χ1) is 13.3. The van der Waals surface area contributed by atoms with E-state index in [1.54, 1.807) is 0 Å². The summed E-state index contributed by atoms with van der Waals surface area (Å²) in [7, 11) is -4.02. The third-order valence-electron chi connectivity index (χ3n) is 4.42. The highest BCUT2D eigenvalue weighted by atomic mass is 32.2. The van der Waals surface area contributed by atoms with Gasteiger partial charge in [0.15, 0.2) is 15.1 Å². The van der Waals surface area contributed by atoms with Gasteiger partial charge in [-0.3, -0.25) is 14.9 Å². The van der Waals surface area contributed by atoms with Crippen LogP contribution in [0.25, 0.3) is 10.8 Å². The third-order valence-corrected chi connectivity index (χ3v) is 6.48. The number of carbonyl (C=O) groups excluding carboxylic acids is 1. The minimum absolute atomic E-state index is 0.0552. The molecule has 0 saturated carbocycles. The van der Waals surface area contributed by atoms with Gasteiger partial charge in [0.1, 0.15) is 6.61 Å². The number of rotatable bonds is 6. The molecule has 0 aliphatic rings. The number of nitro groups is 1. The molecule has 3 aromatic rings. The predicted molar refractivity (Wildman–Crippen MR) is 103 cm³/mol. The van der Waals surface area contributed by atoms with E-state index >= 15 is 0 Å². The van der Waals surface area contributed by atoms with E-state index in [0.29, 0.717) is 0 Å². The lowest BCUT2D eigenvalue weighted by atomic mass is 10.1. The zero-order valence-corrected chi connectivity index (χ0v) is 15.8. The second-order valence-electron chi connectivity index (χ2n) is 6.18. The van der Waals surface area contributed by atoms with Crippen molar-refractivity contribution in [2.24, 2.45) is 0 Å². The van der Waals surface area contributed by atoms with Crippen LogP contribution in [0, 0.1) is 10.1 Å². The zero-order chi connectivity index (χ0) is 20.3. The number of nitro benzene ring substituents is 1. The number of benzene rings is 3. The van der Waals surface area contributed by atoms with Crippen LogP contribution in [0.15, 0.2) is 71.6 Å². The number of fused-ring (bicyclic) bond motifs is 1. The molecule has 0 fully saturated rings. The van der Waals surface area contributed by atoms with Crippen molar-refractivity contribution in [3.05, 3.63) is 82.4 Å². The highest BCUT2D eigenvalue weighted by Gasteiger charge is 2.31. The first-order valence-corrected chi connectivity index (χ1v) is 9.97. The lowest BCUT2D eigenvalue weighted by molar-refractivity contribution is -0.384. The van der Waals surface area contributed by atoms with Gasteiger partial charge < -0.3 is 4.74 Å². The first-order valence-electron chi connectivity index (χ1n) is 8.42. The fourth-order valence-electron chi connectivity index (χ4n) is 2.77. The molecule has 0 unspecified atom stereocenters. The van der Waals surface area contributed by atoms with E-state index in [4.69, 9.17) is 4.74 Å². The van der Waals surface area contributed by atoms with Crippen molar-refractivity contribution < 1.29 is 22.9 Å². The smallest absolute Gasteiger partial charge is 0.324 e. The van der Waals surface area contributed by atoms with Gasteiger partial charge in [-0.1, -0.05) is 42.5 Å². The molecule has 28 heavy (non-hydrogen) atoms. The van der Waals surface area contributed by atoms with Crippen molar-refractivity contribution in [1.29, 1.82) is 0 Å². The Morgan fingerprint density at radius 1 is 1.04 bits per heavy atom. The summed E-state index contributed by atoms with van der Waals surface area (Å²) in [4.78, 5) is 22.2. The molecule has 0 heterocycles. The molecule has 0 amide bonds. The normalized spacial score (nSPS) is 12.5. The minimum atomic E-state index is -4.02. The second kappa shape index (κ2) is 7.77. The molecule has 0 aromatic heterocycles. The maximum atomic E-state index is 12.6. The number of nitrogens with zero attached hydrogens (tertiary/aromatic N) is 1. The molecular formula is C20H17NO6S. The molecular weight excluding hydrogens is 382 g/mol. The number of non-ortho nitro benzene ring substituents is 1. The van der Waals surface area contributed by atoms with Crippen LogP contribution in [-0.4, -0.2) is 24.6 Å². The number of hydrogen-bond acceptors (Lipinski definition) is 6. The van der Waals surface area contributed by atoms with Gasteiger partial charge in [0.05, 0.1) is 9.82 Å². The van der Waals surface area contributed by atoms with Crippen LogP contribution in [0.2, 0.25) is 0 Å². The van der Waals surface area contributed by atoms with Crippen molar-refractivity contribution >= 4 is 32.3 Å². The topological polar surface area (TPSA) is 104 Å². The van der Waals surface area contributed by atoms with Crippen molar-refractivity contribution in [2.75, 3.05) is 0 Å². The summed E-state index contributed by atoms with van der Waals surface area (Å²) in [6.45, 7) is 1.18. The Labute approximate surface area is 161 Å². The molecule has 0 radical (unpaired) electrons. The summed E-state index contributed by atoms with van der Waals surface area (Å²) >= 11 is 0. The fourth-order valence-corrected chi connectivity index (χ4v) is 4.02. The van der Waals surface area contributed by atoms with E-state index in [1.807, 2.05) is 42.5 Å². The predicted octanol–water partition coefficient (Wildman–Crippen LogP) is 3.65. The minimum Gasteiger partial charge on any atom is -0.460 e. The Morgan fingerprint density at radius 2 is 1.68 bits per heavy atom. The maximum Gasteiger partial charge on any atom is 0.324 e. The average Bonchev–Trinajstić information content (AvgIpc) is 2.71. The standard InChI is InChI=1S/C20H17NO6S/c1-14(28(25,26)18-11-9-17(10-12-18)21(23)24)20(22)27-13-16-7-4-6-15-5-2-3-8-19(15)16/h2-12,14H,13H2,1H3/t14-/m1/s1. The SMILES string of the molecule is C[C@H](C(=O)OCc1cccc2ccccc12)S(=O)(=O)c1ccc([N+](=O)[O-])cc1. The van der Waals surface area contributed by atoms with Crippen LogP contribution in [0.4, 0.5) is 5.69 Å². The molecule has 7 nitrogen and oxygen atoms in total. The second-order valence-corrected chi connectivity index (χ2v) is 8.45. The lowest BCUT2D eigenvalue weighted by Crippen LogP contribution is -2.29. The van der Waals surface area contributed by atoms with E-state index in [-0.39, 0.29) is 17.2 Å². The average molecular weight is 399 g/mol. The summed E-state index contributed by atoms with van der Waals surface area (Å²) in [5.41, 5.74) is 0.538. The first kappa shape index (κ1) is 19.5. The van der Waals surface area contributed by atoms with Gasteiger partial charge in [-0.15, -0.1) is 0 Å². The number of sulfone groups is 1. The molecule has 144 valence electrons. The largest absolute Gasteiger partial charge is 0.460 e. The molecule has 3 aromatic carbocycles. The molecule has 0 spiro atoms. The van der Waals surface area contributed by atoms with Crippen LogP contribution in [0.5, 0.6) is 0 Å². The highest BCUT2D eigenvalue weighted by Crippen LogP contribution is 2.22. The monoisotopic (exact) mass is 399 g/mol. The Morgan fingerprint density at radius 3 is 2.36 bits per heavy atom. The van der Waals surface area contributed by atoms with E-state index in [0.717, 1.165) is 40.6 Å². The number of carbonyl (C=O) groups is 1. The Hall–Kier alpha value is -3.26. The lowest BCUT2D eigenvalue weighted by Gasteiger charge is -2.13. The molecule has 1 atom stereocenters. The summed E-state index contributed by atoms with van der Waals surface area (Å²) in [6.07, 6.45) is 0. The maximum absolute atomic E-state index is 12.6. The van der Waals surface area contributed by atoms with Gasteiger partial charge in [0.2, 0.25) is 0 Å². The van der Waals surface area contributed by atoms with Gasteiger partial charge in [-0.05, 0) is 35.4 Å². The number of esters is 1. The van der Waals surface area contributed by atoms with Crippen molar-refractivity contribution in [1.82, 2.24) is 0 Å². The molecule has 0 bridgehead atoms. The highest BCUT2D eigenvalue weighted by molar-refractivity contribution is 7.92. The molecule has 0 N–H and O–H groups in total. The van der Waals surface area contributed by atoms with Crippen LogP contribution in [0.3, 0.4) is 0 Å². The Balaban J connectivity index is 1.75. The molecule has 0 saturated heterocycles. The van der Waals surface area contributed by atoms with Gasteiger partial charge in [-0.25, -0.2) is 8.42 Å². The van der Waals surface area contributed by atoms with Gasteiger partial charge in [0.25, 0.3) is 5.69 Å². The van der Waals surface area contributed by atoms with E-state index in [1.165, 1.54) is 6.92 Å². The van der Waals surface area contributed by atoms with Crippen molar-refractivity contribution in [2.45, 2.75) is 23.7 Å². The van der Waals surface area contributed by atoms with Gasteiger partial charge in [0, 0.05) is 12.1 Å². The van der Waals surface area contributed by atoms with Crippen LogP contribution >= 0.6 is 0 Å². The zero-order valence-electron chi connectivity index (χ0n) is 14.9. The molecule has 3 rings (SSSR count). The molecule has 0 aliphatic carbocycles. The van der Waals surface area contributed by atoms with Crippen molar-refractivity contribution in [3.63, 3.8) is 0 Å².